The molecule has 0 atom stereocenters. The summed E-state index contributed by atoms with van der Waals surface area (Å²) >= 11 is 0. The van der Waals surface area contributed by atoms with Gasteiger partial charge in [0.05, 0.1) is 0 Å². The zero-order valence-electron chi connectivity index (χ0n) is 13.6. The van der Waals surface area contributed by atoms with Gasteiger partial charge in [0.2, 0.25) is 0 Å². The van der Waals surface area contributed by atoms with E-state index in [-0.39, 0.29) is 16.6 Å². The van der Waals surface area contributed by atoms with Crippen molar-refractivity contribution in [2.45, 2.75) is 5.92 Å². The third kappa shape index (κ3) is 1.87. The molecule has 5 rings (SSSR count). The Labute approximate surface area is 148 Å². The lowest BCUT2D eigenvalue weighted by Gasteiger charge is -2.15. The number of alkyl halides is 2. The van der Waals surface area contributed by atoms with Gasteiger partial charge in [0, 0.05) is 22.3 Å². The number of hydrogen-bond donors (Lipinski definition) is 2. The maximum absolute atomic E-state index is 15.3. The van der Waals surface area contributed by atoms with Crippen LogP contribution in [0.3, 0.4) is 0 Å². The standard InChI is InChI=1S/C21H13BF2O2/c23-21(24)16-10-9-12-5-1-2-6-13(12)19(16)20-15-8-4-3-7-14(15)18(22(25)26)11-17(20)21/h1-11,25-26H. The predicted molar refractivity (Wildman–Crippen MR) is 99.7 cm³/mol. The predicted octanol–water partition coefficient (Wildman–Crippen LogP) is 3.79. The lowest BCUT2D eigenvalue weighted by molar-refractivity contribution is 0.0482. The van der Waals surface area contributed by atoms with Gasteiger partial charge < -0.3 is 10.0 Å². The number of rotatable bonds is 1. The van der Waals surface area contributed by atoms with Gasteiger partial charge in [0.15, 0.2) is 0 Å². The molecule has 0 fully saturated rings. The van der Waals surface area contributed by atoms with Gasteiger partial charge in [-0.15, -0.1) is 0 Å². The Balaban J connectivity index is 2.03. The Bertz CT molecular complexity index is 1200. The Hall–Kier alpha value is -2.76. The van der Waals surface area contributed by atoms with Crippen LogP contribution in [0.15, 0.2) is 66.7 Å². The SMILES string of the molecule is OB(O)c1cc2c(c3ccccc13)-c1c(ccc3ccccc13)C2(F)F. The highest BCUT2D eigenvalue weighted by molar-refractivity contribution is 6.62. The van der Waals surface area contributed by atoms with E-state index in [4.69, 9.17) is 0 Å². The zero-order valence-corrected chi connectivity index (χ0v) is 13.6. The fourth-order valence-electron chi connectivity index (χ4n) is 4.08. The molecule has 0 saturated carbocycles. The van der Waals surface area contributed by atoms with Crippen LogP contribution in [-0.2, 0) is 5.92 Å². The molecule has 26 heavy (non-hydrogen) atoms. The highest BCUT2D eigenvalue weighted by Crippen LogP contribution is 2.54. The summed E-state index contributed by atoms with van der Waals surface area (Å²) in [6.45, 7) is 0. The molecule has 4 aromatic rings. The van der Waals surface area contributed by atoms with Crippen LogP contribution in [0.25, 0.3) is 32.7 Å². The monoisotopic (exact) mass is 346 g/mol. The summed E-state index contributed by atoms with van der Waals surface area (Å²) < 4.78 is 30.5. The smallest absolute Gasteiger partial charge is 0.423 e. The molecule has 4 aromatic carbocycles. The molecule has 0 heterocycles. The van der Waals surface area contributed by atoms with E-state index < -0.39 is 13.0 Å². The highest BCUT2D eigenvalue weighted by Gasteiger charge is 2.46. The first kappa shape index (κ1) is 15.5. The minimum atomic E-state index is -3.19. The molecule has 0 bridgehead atoms. The lowest BCUT2D eigenvalue weighted by atomic mass is 9.75. The van der Waals surface area contributed by atoms with Crippen LogP contribution in [0.5, 0.6) is 0 Å². The molecule has 0 radical (unpaired) electrons. The first-order chi connectivity index (χ1) is 12.5. The largest absolute Gasteiger partial charge is 0.489 e. The van der Waals surface area contributed by atoms with Crippen LogP contribution in [0.2, 0.25) is 0 Å². The van der Waals surface area contributed by atoms with Crippen molar-refractivity contribution in [1.82, 2.24) is 0 Å². The van der Waals surface area contributed by atoms with Gasteiger partial charge in [-0.3, -0.25) is 0 Å². The van der Waals surface area contributed by atoms with Crippen molar-refractivity contribution in [3.63, 3.8) is 0 Å². The van der Waals surface area contributed by atoms with Gasteiger partial charge in [-0.25, -0.2) is 0 Å². The fraction of sp³-hybridized carbons (Fsp3) is 0.0476. The van der Waals surface area contributed by atoms with Crippen molar-refractivity contribution in [3.05, 3.63) is 77.9 Å². The van der Waals surface area contributed by atoms with Gasteiger partial charge in [-0.1, -0.05) is 66.7 Å². The summed E-state index contributed by atoms with van der Waals surface area (Å²) in [6.07, 6.45) is 0. The van der Waals surface area contributed by atoms with E-state index >= 15 is 8.78 Å². The van der Waals surface area contributed by atoms with Crippen molar-refractivity contribution in [2.75, 3.05) is 0 Å². The van der Waals surface area contributed by atoms with Crippen molar-refractivity contribution < 1.29 is 18.8 Å². The van der Waals surface area contributed by atoms with E-state index in [9.17, 15) is 10.0 Å². The van der Waals surface area contributed by atoms with Crippen LogP contribution in [0, 0.1) is 0 Å². The molecule has 1 aliphatic rings. The average Bonchev–Trinajstić information content (AvgIpc) is 2.88. The molecular formula is C21H13BF2O2. The van der Waals surface area contributed by atoms with Crippen LogP contribution in [0.4, 0.5) is 8.78 Å². The van der Waals surface area contributed by atoms with Crippen LogP contribution in [-0.4, -0.2) is 17.2 Å². The lowest BCUT2D eigenvalue weighted by Crippen LogP contribution is -2.31. The Morgan fingerprint density at radius 2 is 1.31 bits per heavy atom. The summed E-state index contributed by atoms with van der Waals surface area (Å²) in [6, 6.07) is 18.9. The fourth-order valence-corrected chi connectivity index (χ4v) is 4.08. The van der Waals surface area contributed by atoms with Crippen LogP contribution < -0.4 is 5.46 Å². The molecule has 0 unspecified atom stereocenters. The summed E-state index contributed by atoms with van der Waals surface area (Å²) in [5.41, 5.74) is 0.878. The number of fused-ring (bicyclic) bond motifs is 7. The summed E-state index contributed by atoms with van der Waals surface area (Å²) in [5.74, 6) is -3.19. The summed E-state index contributed by atoms with van der Waals surface area (Å²) in [5, 5.41) is 22.3. The van der Waals surface area contributed by atoms with Gasteiger partial charge in [0.25, 0.3) is 5.92 Å². The third-order valence-electron chi connectivity index (χ3n) is 5.21. The number of benzene rings is 4. The molecular weight excluding hydrogens is 333 g/mol. The molecule has 0 saturated heterocycles. The second-order valence-electron chi connectivity index (χ2n) is 6.59. The summed E-state index contributed by atoms with van der Waals surface area (Å²) in [7, 11) is -1.82. The molecule has 2 N–H and O–H groups in total. The molecule has 5 heteroatoms. The number of halogens is 2. The van der Waals surface area contributed by atoms with Crippen molar-refractivity contribution in [2.24, 2.45) is 0 Å². The Morgan fingerprint density at radius 1 is 0.692 bits per heavy atom. The van der Waals surface area contributed by atoms with Crippen LogP contribution >= 0.6 is 0 Å². The van der Waals surface area contributed by atoms with Crippen molar-refractivity contribution >= 4 is 34.1 Å². The minimum absolute atomic E-state index is 0.0408. The maximum atomic E-state index is 15.3. The molecule has 1 aliphatic carbocycles. The van der Waals surface area contributed by atoms with E-state index in [2.05, 4.69) is 0 Å². The Kier molecular flexibility index (Phi) is 3.06. The summed E-state index contributed by atoms with van der Waals surface area (Å²) in [4.78, 5) is 0. The van der Waals surface area contributed by atoms with Gasteiger partial charge in [-0.2, -0.15) is 8.78 Å². The zero-order chi connectivity index (χ0) is 18.1. The molecule has 0 amide bonds. The first-order valence-corrected chi connectivity index (χ1v) is 8.33. The second kappa shape index (κ2) is 5.13. The van der Waals surface area contributed by atoms with E-state index in [0.717, 1.165) is 10.8 Å². The molecule has 2 nitrogen and oxygen atoms in total. The number of hydrogen-bond acceptors (Lipinski definition) is 2. The van der Waals surface area contributed by atoms with E-state index in [1.54, 1.807) is 30.3 Å². The van der Waals surface area contributed by atoms with Crippen LogP contribution in [0.1, 0.15) is 11.1 Å². The third-order valence-corrected chi connectivity index (χ3v) is 5.21. The van der Waals surface area contributed by atoms with E-state index in [1.807, 2.05) is 24.3 Å². The molecule has 0 aliphatic heterocycles. The Morgan fingerprint density at radius 3 is 2.04 bits per heavy atom. The van der Waals surface area contributed by atoms with Gasteiger partial charge >= 0.3 is 7.12 Å². The first-order valence-electron chi connectivity index (χ1n) is 8.33. The average molecular weight is 346 g/mol. The molecule has 0 spiro atoms. The molecule has 0 aromatic heterocycles. The van der Waals surface area contributed by atoms with E-state index in [0.29, 0.717) is 21.9 Å². The minimum Gasteiger partial charge on any atom is -0.423 e. The highest BCUT2D eigenvalue weighted by atomic mass is 19.3. The topological polar surface area (TPSA) is 40.5 Å². The quantitative estimate of drug-likeness (QED) is 0.515. The van der Waals surface area contributed by atoms with Gasteiger partial charge in [0.1, 0.15) is 0 Å². The van der Waals surface area contributed by atoms with Gasteiger partial charge in [-0.05, 0) is 27.0 Å². The normalized spacial score (nSPS) is 14.5. The maximum Gasteiger partial charge on any atom is 0.489 e. The molecule has 126 valence electrons. The van der Waals surface area contributed by atoms with E-state index in [1.165, 1.54) is 12.1 Å². The van der Waals surface area contributed by atoms with Crippen molar-refractivity contribution in [1.29, 1.82) is 0 Å². The van der Waals surface area contributed by atoms with Crippen molar-refractivity contribution in [3.8, 4) is 11.1 Å². The second-order valence-corrected chi connectivity index (χ2v) is 6.59.